The van der Waals surface area contributed by atoms with Gasteiger partial charge in [0.1, 0.15) is 0 Å². The van der Waals surface area contributed by atoms with Gasteiger partial charge in [0.25, 0.3) is 0 Å². The SMILES string of the molecule is O=C1C=CC[C@@H]2[C@H]3CCCN4CCC[C@H](CN12)[C@@H]34. The third-order valence-corrected chi connectivity index (χ3v) is 5.59. The molecule has 4 rings (SSSR count). The lowest BCUT2D eigenvalue weighted by Gasteiger charge is -2.57. The van der Waals surface area contributed by atoms with Crippen LogP contribution in [0.3, 0.4) is 0 Å². The van der Waals surface area contributed by atoms with E-state index in [1.54, 1.807) is 6.08 Å². The molecule has 98 valence electrons. The van der Waals surface area contributed by atoms with Crippen molar-refractivity contribution in [2.24, 2.45) is 11.8 Å². The topological polar surface area (TPSA) is 23.6 Å². The van der Waals surface area contributed by atoms with E-state index in [-0.39, 0.29) is 5.91 Å². The molecule has 18 heavy (non-hydrogen) atoms. The van der Waals surface area contributed by atoms with Crippen LogP contribution >= 0.6 is 0 Å². The lowest BCUT2D eigenvalue weighted by atomic mass is 9.68. The first kappa shape index (κ1) is 11.0. The first-order valence-electron chi connectivity index (χ1n) is 7.56. The fourth-order valence-electron chi connectivity index (χ4n) is 4.95. The summed E-state index contributed by atoms with van der Waals surface area (Å²) in [6, 6.07) is 1.29. The number of hydrogen-bond acceptors (Lipinski definition) is 2. The number of nitrogens with zero attached hydrogens (tertiary/aromatic N) is 2. The highest BCUT2D eigenvalue weighted by atomic mass is 16.2. The van der Waals surface area contributed by atoms with E-state index in [0.29, 0.717) is 6.04 Å². The van der Waals surface area contributed by atoms with Gasteiger partial charge in [0, 0.05) is 18.6 Å². The van der Waals surface area contributed by atoms with Crippen LogP contribution in [0.1, 0.15) is 32.1 Å². The Hall–Kier alpha value is -0.830. The molecule has 0 unspecified atom stereocenters. The third-order valence-electron chi connectivity index (χ3n) is 5.59. The monoisotopic (exact) mass is 246 g/mol. The Labute approximate surface area is 109 Å². The summed E-state index contributed by atoms with van der Waals surface area (Å²) in [7, 11) is 0. The van der Waals surface area contributed by atoms with E-state index < -0.39 is 0 Å². The van der Waals surface area contributed by atoms with Crippen molar-refractivity contribution in [2.45, 2.75) is 44.2 Å². The molecule has 3 nitrogen and oxygen atoms in total. The van der Waals surface area contributed by atoms with Crippen LogP contribution in [-0.4, -0.2) is 47.4 Å². The van der Waals surface area contributed by atoms with Crippen LogP contribution in [0.2, 0.25) is 0 Å². The summed E-state index contributed by atoms with van der Waals surface area (Å²) in [5.41, 5.74) is 0. The molecule has 1 amide bonds. The lowest BCUT2D eigenvalue weighted by Crippen LogP contribution is -2.65. The quantitative estimate of drug-likeness (QED) is 0.649. The van der Waals surface area contributed by atoms with E-state index in [2.05, 4.69) is 15.9 Å². The number of carbonyl (C=O) groups excluding carboxylic acids is 1. The maximum Gasteiger partial charge on any atom is 0.246 e. The van der Waals surface area contributed by atoms with Crippen LogP contribution in [0.15, 0.2) is 12.2 Å². The van der Waals surface area contributed by atoms with Crippen molar-refractivity contribution in [1.82, 2.24) is 9.80 Å². The molecular weight excluding hydrogens is 224 g/mol. The summed E-state index contributed by atoms with van der Waals surface area (Å²) < 4.78 is 0. The van der Waals surface area contributed by atoms with Crippen LogP contribution < -0.4 is 0 Å². The summed E-state index contributed by atoms with van der Waals surface area (Å²) >= 11 is 0. The number of piperidine rings is 3. The van der Waals surface area contributed by atoms with Gasteiger partial charge in [0.2, 0.25) is 5.91 Å². The molecule has 0 aliphatic carbocycles. The zero-order chi connectivity index (χ0) is 12.1. The van der Waals surface area contributed by atoms with Crippen LogP contribution in [0.25, 0.3) is 0 Å². The van der Waals surface area contributed by atoms with Gasteiger partial charge in [-0.3, -0.25) is 9.69 Å². The largest absolute Gasteiger partial charge is 0.335 e. The zero-order valence-corrected chi connectivity index (χ0v) is 10.9. The molecule has 4 atom stereocenters. The summed E-state index contributed by atoms with van der Waals surface area (Å²) in [6.07, 6.45) is 10.3. The number of rotatable bonds is 0. The van der Waals surface area contributed by atoms with Gasteiger partial charge in [-0.1, -0.05) is 6.08 Å². The van der Waals surface area contributed by atoms with E-state index >= 15 is 0 Å². The molecule has 3 saturated heterocycles. The van der Waals surface area contributed by atoms with Gasteiger partial charge < -0.3 is 4.90 Å². The van der Waals surface area contributed by atoms with Gasteiger partial charge in [0.15, 0.2) is 0 Å². The molecule has 0 aromatic carbocycles. The minimum absolute atomic E-state index is 0.271. The smallest absolute Gasteiger partial charge is 0.246 e. The highest BCUT2D eigenvalue weighted by Crippen LogP contribution is 2.43. The van der Waals surface area contributed by atoms with Crippen molar-refractivity contribution in [3.05, 3.63) is 12.2 Å². The molecule has 4 aliphatic heterocycles. The van der Waals surface area contributed by atoms with Gasteiger partial charge in [0.05, 0.1) is 0 Å². The second-order valence-electron chi connectivity index (χ2n) is 6.43. The number of fused-ring (bicyclic) bond motifs is 2. The Kier molecular flexibility index (Phi) is 2.51. The fraction of sp³-hybridized carbons (Fsp3) is 0.800. The Morgan fingerprint density at radius 1 is 1.17 bits per heavy atom. The maximum atomic E-state index is 12.1. The van der Waals surface area contributed by atoms with E-state index in [9.17, 15) is 4.79 Å². The predicted octanol–water partition coefficient (Wildman–Crippen LogP) is 1.65. The zero-order valence-electron chi connectivity index (χ0n) is 10.9. The highest BCUT2D eigenvalue weighted by molar-refractivity contribution is 5.88. The maximum absolute atomic E-state index is 12.1. The lowest BCUT2D eigenvalue weighted by molar-refractivity contribution is -0.141. The third kappa shape index (κ3) is 1.49. The van der Waals surface area contributed by atoms with Gasteiger partial charge in [-0.2, -0.15) is 0 Å². The fourth-order valence-corrected chi connectivity index (χ4v) is 4.95. The molecule has 0 radical (unpaired) electrons. The van der Waals surface area contributed by atoms with Crippen LogP contribution in [0.4, 0.5) is 0 Å². The summed E-state index contributed by atoms with van der Waals surface area (Å²) in [6.45, 7) is 3.62. The van der Waals surface area contributed by atoms with E-state index in [1.807, 2.05) is 0 Å². The second kappa shape index (κ2) is 4.09. The second-order valence-corrected chi connectivity index (χ2v) is 6.43. The predicted molar refractivity (Wildman–Crippen MR) is 70.1 cm³/mol. The van der Waals surface area contributed by atoms with Crippen LogP contribution in [-0.2, 0) is 4.79 Å². The normalized spacial score (nSPS) is 43.6. The average Bonchev–Trinajstić information content (AvgIpc) is 2.41. The van der Waals surface area contributed by atoms with E-state index in [4.69, 9.17) is 0 Å². The molecule has 4 aliphatic rings. The Morgan fingerprint density at radius 3 is 2.89 bits per heavy atom. The number of amides is 1. The van der Waals surface area contributed by atoms with Crippen molar-refractivity contribution in [2.75, 3.05) is 19.6 Å². The Bertz CT molecular complexity index is 390. The standard InChI is InChI=1S/C15H22N2O/c18-14-7-1-6-13-12-5-3-9-16-8-2-4-11(15(12)16)10-17(13)14/h1,7,11-13,15H,2-6,8-10H2/t11-,12-,13-,15+/m1/s1. The number of carbonyl (C=O) groups is 1. The van der Waals surface area contributed by atoms with Crippen molar-refractivity contribution in [1.29, 1.82) is 0 Å². The molecule has 0 N–H and O–H groups in total. The van der Waals surface area contributed by atoms with E-state index in [0.717, 1.165) is 30.8 Å². The Morgan fingerprint density at radius 2 is 2.00 bits per heavy atom. The molecule has 0 spiro atoms. The first-order valence-corrected chi connectivity index (χ1v) is 7.56. The molecule has 0 saturated carbocycles. The first-order chi connectivity index (χ1) is 8.84. The van der Waals surface area contributed by atoms with Gasteiger partial charge >= 0.3 is 0 Å². The average molecular weight is 246 g/mol. The molecule has 0 aromatic rings. The summed E-state index contributed by atoms with van der Waals surface area (Å²) in [5, 5.41) is 0. The Balaban J connectivity index is 1.68. The number of hydrogen-bond donors (Lipinski definition) is 0. The molecule has 0 bridgehead atoms. The molecular formula is C15H22N2O. The van der Waals surface area contributed by atoms with E-state index in [1.165, 1.54) is 38.8 Å². The van der Waals surface area contributed by atoms with Gasteiger partial charge in [-0.15, -0.1) is 0 Å². The van der Waals surface area contributed by atoms with Crippen molar-refractivity contribution < 1.29 is 4.79 Å². The van der Waals surface area contributed by atoms with Crippen molar-refractivity contribution in [3.8, 4) is 0 Å². The minimum Gasteiger partial charge on any atom is -0.335 e. The summed E-state index contributed by atoms with van der Waals surface area (Å²) in [5.74, 6) is 1.76. The molecule has 3 fully saturated rings. The van der Waals surface area contributed by atoms with Gasteiger partial charge in [-0.25, -0.2) is 0 Å². The highest BCUT2D eigenvalue weighted by Gasteiger charge is 2.49. The molecule has 0 aromatic heterocycles. The van der Waals surface area contributed by atoms with Crippen LogP contribution in [0.5, 0.6) is 0 Å². The molecule has 4 heterocycles. The molecule has 3 heteroatoms. The van der Waals surface area contributed by atoms with Crippen molar-refractivity contribution in [3.63, 3.8) is 0 Å². The van der Waals surface area contributed by atoms with Crippen molar-refractivity contribution >= 4 is 5.91 Å². The van der Waals surface area contributed by atoms with Crippen LogP contribution in [0, 0.1) is 11.8 Å². The minimum atomic E-state index is 0.271. The van der Waals surface area contributed by atoms with Gasteiger partial charge in [-0.05, 0) is 63.1 Å². The summed E-state index contributed by atoms with van der Waals surface area (Å²) in [4.78, 5) is 17.0.